The van der Waals surface area contributed by atoms with Gasteiger partial charge in [0, 0.05) is 5.92 Å². The molecule has 110 valence electrons. The van der Waals surface area contributed by atoms with Crippen molar-refractivity contribution >= 4 is 11.9 Å². The predicted octanol–water partition coefficient (Wildman–Crippen LogP) is 1.08. The van der Waals surface area contributed by atoms with Crippen molar-refractivity contribution in [3.05, 3.63) is 0 Å². The molecule has 0 aromatic carbocycles. The van der Waals surface area contributed by atoms with Crippen molar-refractivity contribution in [3.8, 4) is 0 Å². The lowest BCUT2D eigenvalue weighted by Gasteiger charge is -2.27. The Morgan fingerprint density at radius 1 is 1.32 bits per heavy atom. The van der Waals surface area contributed by atoms with E-state index in [2.05, 4.69) is 10.6 Å². The zero-order chi connectivity index (χ0) is 14.3. The highest BCUT2D eigenvalue weighted by Gasteiger charge is 2.30. The molecule has 0 aliphatic carbocycles. The molecule has 1 fully saturated rings. The van der Waals surface area contributed by atoms with Gasteiger partial charge < -0.3 is 15.4 Å². The van der Waals surface area contributed by atoms with Crippen LogP contribution in [0.4, 0.5) is 0 Å². The summed E-state index contributed by atoms with van der Waals surface area (Å²) in [5.41, 5.74) is 0. The van der Waals surface area contributed by atoms with Gasteiger partial charge in [-0.05, 0) is 38.8 Å². The summed E-state index contributed by atoms with van der Waals surface area (Å²) in [5.74, 6) is -0.231. The Morgan fingerprint density at radius 2 is 1.95 bits per heavy atom. The van der Waals surface area contributed by atoms with Gasteiger partial charge in [0.25, 0.3) is 0 Å². The Labute approximate surface area is 115 Å². The molecule has 5 heteroatoms. The van der Waals surface area contributed by atoms with Crippen LogP contribution in [0.5, 0.6) is 0 Å². The third kappa shape index (κ3) is 4.82. The first kappa shape index (κ1) is 16.0. The highest BCUT2D eigenvalue weighted by molar-refractivity contribution is 5.86. The van der Waals surface area contributed by atoms with Gasteiger partial charge in [-0.15, -0.1) is 0 Å². The number of esters is 1. The third-order valence-electron chi connectivity index (χ3n) is 3.76. The number of rotatable bonds is 6. The summed E-state index contributed by atoms with van der Waals surface area (Å²) < 4.78 is 5.05. The Morgan fingerprint density at radius 3 is 2.47 bits per heavy atom. The molecule has 2 atom stereocenters. The van der Waals surface area contributed by atoms with Crippen LogP contribution in [0.2, 0.25) is 0 Å². The van der Waals surface area contributed by atoms with Crippen LogP contribution in [0.15, 0.2) is 0 Å². The first-order chi connectivity index (χ1) is 9.10. The van der Waals surface area contributed by atoms with E-state index in [-0.39, 0.29) is 23.7 Å². The lowest BCUT2D eigenvalue weighted by Crippen LogP contribution is -2.49. The van der Waals surface area contributed by atoms with Gasteiger partial charge in [-0.25, -0.2) is 4.79 Å². The predicted molar refractivity (Wildman–Crippen MR) is 73.6 cm³/mol. The number of ether oxygens (including phenoxy) is 1. The summed E-state index contributed by atoms with van der Waals surface area (Å²) in [5, 5.41) is 6.11. The number of amides is 1. The Bertz CT molecular complexity index is 301. The monoisotopic (exact) mass is 270 g/mol. The van der Waals surface area contributed by atoms with E-state index in [4.69, 9.17) is 4.74 Å². The largest absolute Gasteiger partial charge is 0.464 e. The fourth-order valence-electron chi connectivity index (χ4n) is 2.26. The molecule has 1 rings (SSSR count). The van der Waals surface area contributed by atoms with Gasteiger partial charge in [-0.1, -0.05) is 20.3 Å². The maximum atomic E-state index is 12.2. The summed E-state index contributed by atoms with van der Waals surface area (Å²) in [6, 6.07) is -0.521. The van der Waals surface area contributed by atoms with Crippen molar-refractivity contribution < 1.29 is 14.3 Å². The molecule has 1 aliphatic heterocycles. The number of piperidine rings is 1. The lowest BCUT2D eigenvalue weighted by atomic mass is 9.94. The summed E-state index contributed by atoms with van der Waals surface area (Å²) in [4.78, 5) is 24.1. The molecular weight excluding hydrogens is 244 g/mol. The van der Waals surface area contributed by atoms with Crippen molar-refractivity contribution in [1.29, 1.82) is 0 Å². The first-order valence-electron chi connectivity index (χ1n) is 7.27. The van der Waals surface area contributed by atoms with E-state index in [9.17, 15) is 9.59 Å². The van der Waals surface area contributed by atoms with Crippen molar-refractivity contribution in [3.63, 3.8) is 0 Å². The smallest absolute Gasteiger partial charge is 0.328 e. The molecule has 2 N–H and O–H groups in total. The molecular formula is C14H26N2O3. The fourth-order valence-corrected chi connectivity index (χ4v) is 2.26. The molecule has 5 nitrogen and oxygen atoms in total. The maximum Gasteiger partial charge on any atom is 0.328 e. The van der Waals surface area contributed by atoms with Crippen LogP contribution in [0.3, 0.4) is 0 Å². The van der Waals surface area contributed by atoms with Crippen molar-refractivity contribution in [2.75, 3.05) is 19.7 Å². The van der Waals surface area contributed by atoms with Gasteiger partial charge in [0.05, 0.1) is 6.61 Å². The fraction of sp³-hybridized carbons (Fsp3) is 0.857. The normalized spacial score (nSPS) is 19.5. The molecule has 1 aliphatic rings. The van der Waals surface area contributed by atoms with Crippen LogP contribution in [0.25, 0.3) is 0 Å². The maximum absolute atomic E-state index is 12.2. The van der Waals surface area contributed by atoms with Crippen LogP contribution in [-0.4, -0.2) is 37.6 Å². The average Bonchev–Trinajstić information content (AvgIpc) is 2.44. The topological polar surface area (TPSA) is 67.4 Å². The van der Waals surface area contributed by atoms with Crippen molar-refractivity contribution in [1.82, 2.24) is 10.6 Å². The molecule has 0 spiro atoms. The average molecular weight is 270 g/mol. The molecule has 0 radical (unpaired) electrons. The molecule has 1 saturated heterocycles. The van der Waals surface area contributed by atoms with E-state index in [1.807, 2.05) is 13.8 Å². The van der Waals surface area contributed by atoms with E-state index >= 15 is 0 Å². The van der Waals surface area contributed by atoms with Gasteiger partial charge >= 0.3 is 5.97 Å². The first-order valence-corrected chi connectivity index (χ1v) is 7.27. The summed E-state index contributed by atoms with van der Waals surface area (Å²) in [7, 11) is 0. The molecule has 1 heterocycles. The summed E-state index contributed by atoms with van der Waals surface area (Å²) in [6.45, 7) is 7.82. The molecule has 0 aromatic rings. The second-order valence-corrected chi connectivity index (χ2v) is 5.15. The molecule has 19 heavy (non-hydrogen) atoms. The Balaban J connectivity index is 2.59. The third-order valence-corrected chi connectivity index (χ3v) is 3.76. The van der Waals surface area contributed by atoms with Gasteiger partial charge in [-0.3, -0.25) is 4.79 Å². The van der Waals surface area contributed by atoms with Crippen LogP contribution in [0, 0.1) is 11.8 Å². The number of hydrogen-bond acceptors (Lipinski definition) is 4. The molecule has 0 saturated carbocycles. The molecule has 2 unspecified atom stereocenters. The summed E-state index contributed by atoms with van der Waals surface area (Å²) >= 11 is 0. The number of carbonyl (C=O) groups is 2. The Kier molecular flexibility index (Phi) is 6.84. The van der Waals surface area contributed by atoms with Crippen LogP contribution >= 0.6 is 0 Å². The second-order valence-electron chi connectivity index (χ2n) is 5.15. The van der Waals surface area contributed by atoms with E-state index in [0.29, 0.717) is 6.61 Å². The molecule has 1 amide bonds. The number of hydrogen-bond donors (Lipinski definition) is 2. The zero-order valence-electron chi connectivity index (χ0n) is 12.2. The second kappa shape index (κ2) is 8.15. The number of carbonyl (C=O) groups excluding carboxylic acids is 2. The zero-order valence-corrected chi connectivity index (χ0v) is 12.2. The summed E-state index contributed by atoms with van der Waals surface area (Å²) in [6.07, 6.45) is 2.50. The van der Waals surface area contributed by atoms with E-state index in [1.54, 1.807) is 6.92 Å². The van der Waals surface area contributed by atoms with Crippen LogP contribution in [-0.2, 0) is 14.3 Å². The van der Waals surface area contributed by atoms with Gasteiger partial charge in [0.1, 0.15) is 6.04 Å². The van der Waals surface area contributed by atoms with E-state index in [0.717, 1.165) is 32.4 Å². The molecule has 0 bridgehead atoms. The molecule has 0 aromatic heterocycles. The van der Waals surface area contributed by atoms with Crippen molar-refractivity contribution in [2.24, 2.45) is 11.8 Å². The standard InChI is InChI=1S/C14H26N2O3/c1-4-10(3)12(14(18)19-5-2)16-13(17)11-6-8-15-9-7-11/h10-12,15H,4-9H2,1-3H3,(H,16,17). The van der Waals surface area contributed by atoms with Gasteiger partial charge in [-0.2, -0.15) is 0 Å². The van der Waals surface area contributed by atoms with E-state index in [1.165, 1.54) is 0 Å². The lowest BCUT2D eigenvalue weighted by molar-refractivity contribution is -0.149. The quantitative estimate of drug-likeness (QED) is 0.709. The highest BCUT2D eigenvalue weighted by atomic mass is 16.5. The van der Waals surface area contributed by atoms with Crippen molar-refractivity contribution in [2.45, 2.75) is 46.1 Å². The van der Waals surface area contributed by atoms with Gasteiger partial charge in [0.2, 0.25) is 5.91 Å². The van der Waals surface area contributed by atoms with Crippen LogP contribution in [0.1, 0.15) is 40.0 Å². The minimum absolute atomic E-state index is 0.0140. The highest BCUT2D eigenvalue weighted by Crippen LogP contribution is 2.15. The van der Waals surface area contributed by atoms with Crippen LogP contribution < -0.4 is 10.6 Å². The Hall–Kier alpha value is -1.10. The van der Waals surface area contributed by atoms with E-state index < -0.39 is 6.04 Å². The number of nitrogens with one attached hydrogen (secondary N) is 2. The minimum Gasteiger partial charge on any atom is -0.464 e. The SMILES string of the molecule is CCOC(=O)C(NC(=O)C1CCNCC1)C(C)CC. The minimum atomic E-state index is -0.521. The van der Waals surface area contributed by atoms with Gasteiger partial charge in [0.15, 0.2) is 0 Å².